The van der Waals surface area contributed by atoms with Crippen LogP contribution >= 0.6 is 11.3 Å². The average molecular weight is 401 g/mol. The minimum absolute atomic E-state index is 0.137. The molecule has 0 saturated carbocycles. The second kappa shape index (κ2) is 7.64. The molecule has 7 heteroatoms. The first kappa shape index (κ1) is 19.3. The van der Waals surface area contributed by atoms with Gasteiger partial charge in [0, 0.05) is 5.56 Å². The molecule has 0 radical (unpaired) electrons. The van der Waals surface area contributed by atoms with Crippen LogP contribution in [0.4, 0.5) is 0 Å². The van der Waals surface area contributed by atoms with Gasteiger partial charge in [-0.3, -0.25) is 10.2 Å². The maximum atomic E-state index is 12.6. The van der Waals surface area contributed by atoms with Gasteiger partial charge in [0.1, 0.15) is 4.88 Å². The molecule has 5 nitrogen and oxygen atoms in total. The first-order valence-electron chi connectivity index (χ1n) is 8.32. The molecule has 140 valence electrons. The van der Waals surface area contributed by atoms with Crippen molar-refractivity contribution in [3.05, 3.63) is 75.5 Å². The number of rotatable bonds is 5. The monoisotopic (exact) mass is 400 g/mol. The van der Waals surface area contributed by atoms with Crippen molar-refractivity contribution >= 4 is 27.3 Å². The van der Waals surface area contributed by atoms with Crippen LogP contribution < -0.4 is 10.3 Å². The van der Waals surface area contributed by atoms with E-state index in [1.54, 1.807) is 19.1 Å². The van der Waals surface area contributed by atoms with Crippen molar-refractivity contribution in [3.8, 4) is 11.1 Å². The zero-order valence-corrected chi connectivity index (χ0v) is 16.9. The Morgan fingerprint density at radius 2 is 1.59 bits per heavy atom. The summed E-state index contributed by atoms with van der Waals surface area (Å²) < 4.78 is 25.0. The predicted molar refractivity (Wildman–Crippen MR) is 108 cm³/mol. The lowest BCUT2D eigenvalue weighted by atomic mass is 10.1. The minimum atomic E-state index is -3.85. The number of amides is 1. The lowest BCUT2D eigenvalue weighted by molar-refractivity contribution is 0.0950. The van der Waals surface area contributed by atoms with E-state index in [0.29, 0.717) is 10.4 Å². The van der Waals surface area contributed by atoms with Gasteiger partial charge in [0.15, 0.2) is 0 Å². The Kier molecular flexibility index (Phi) is 5.46. The van der Waals surface area contributed by atoms with Crippen LogP contribution in [0.5, 0.6) is 0 Å². The molecule has 0 aliphatic carbocycles. The normalized spacial score (nSPS) is 11.4. The topological polar surface area (TPSA) is 75.3 Å². The number of aryl methyl sites for hydroxylation is 3. The summed E-state index contributed by atoms with van der Waals surface area (Å²) in [6.45, 7) is 5.60. The van der Waals surface area contributed by atoms with Crippen LogP contribution in [0, 0.1) is 20.8 Å². The molecule has 2 aromatic carbocycles. The molecule has 0 saturated heterocycles. The Labute approximate surface area is 163 Å². The van der Waals surface area contributed by atoms with Gasteiger partial charge in [-0.05, 0) is 49.4 Å². The van der Waals surface area contributed by atoms with Crippen LogP contribution in [0.25, 0.3) is 11.1 Å². The van der Waals surface area contributed by atoms with E-state index in [0.717, 1.165) is 22.3 Å². The van der Waals surface area contributed by atoms with E-state index in [2.05, 4.69) is 10.3 Å². The summed E-state index contributed by atoms with van der Waals surface area (Å²) in [6.07, 6.45) is 0. The summed E-state index contributed by atoms with van der Waals surface area (Å²) in [6, 6.07) is 14.7. The Hall–Kier alpha value is -2.48. The molecule has 0 aliphatic rings. The molecule has 0 spiro atoms. The van der Waals surface area contributed by atoms with Crippen molar-refractivity contribution in [2.24, 2.45) is 0 Å². The largest absolute Gasteiger partial charge is 0.276 e. The number of carbonyl (C=O) groups is 1. The zero-order chi connectivity index (χ0) is 19.6. The van der Waals surface area contributed by atoms with E-state index in [-0.39, 0.29) is 4.90 Å². The summed E-state index contributed by atoms with van der Waals surface area (Å²) in [5.74, 6) is -0.492. The smallest absolute Gasteiger partial charge is 0.273 e. The lowest BCUT2D eigenvalue weighted by Crippen LogP contribution is -2.41. The highest BCUT2D eigenvalue weighted by atomic mass is 32.2. The number of nitrogens with one attached hydrogen (secondary N) is 2. The van der Waals surface area contributed by atoms with Crippen molar-refractivity contribution in [1.29, 1.82) is 0 Å². The van der Waals surface area contributed by atoms with Gasteiger partial charge < -0.3 is 0 Å². The SMILES string of the molecule is Cc1ccc(-c2ccsc2C(=O)NNS(=O)(=O)c2ccc(C)cc2C)cc1. The molecule has 2 N–H and O–H groups in total. The molecular weight excluding hydrogens is 380 g/mol. The van der Waals surface area contributed by atoms with Gasteiger partial charge in [-0.15, -0.1) is 16.2 Å². The van der Waals surface area contributed by atoms with Gasteiger partial charge in [-0.25, -0.2) is 8.42 Å². The Bertz CT molecular complexity index is 1080. The summed E-state index contributed by atoms with van der Waals surface area (Å²) >= 11 is 1.26. The second-order valence-corrected chi connectivity index (χ2v) is 8.92. The summed E-state index contributed by atoms with van der Waals surface area (Å²) in [5, 5.41) is 1.81. The number of sulfonamides is 1. The van der Waals surface area contributed by atoms with Crippen LogP contribution in [0.15, 0.2) is 58.8 Å². The molecule has 0 aliphatic heterocycles. The number of hydrazine groups is 1. The molecule has 1 amide bonds. The van der Waals surface area contributed by atoms with Crippen molar-refractivity contribution in [1.82, 2.24) is 10.3 Å². The number of thiophene rings is 1. The summed E-state index contributed by atoms with van der Waals surface area (Å²) in [7, 11) is -3.85. The van der Waals surface area contributed by atoms with Crippen LogP contribution in [-0.2, 0) is 10.0 Å². The number of carbonyl (C=O) groups excluding carboxylic acids is 1. The molecule has 1 heterocycles. The number of benzene rings is 2. The Balaban J connectivity index is 1.79. The van der Waals surface area contributed by atoms with Gasteiger partial charge in [-0.1, -0.05) is 47.5 Å². The summed E-state index contributed by atoms with van der Waals surface area (Å²) in [4.78, 5) is 15.3. The number of hydrogen-bond donors (Lipinski definition) is 2. The minimum Gasteiger partial charge on any atom is -0.273 e. The maximum absolute atomic E-state index is 12.6. The first-order valence-corrected chi connectivity index (χ1v) is 10.7. The van der Waals surface area contributed by atoms with E-state index in [1.807, 2.05) is 49.6 Å². The van der Waals surface area contributed by atoms with E-state index in [1.165, 1.54) is 17.4 Å². The van der Waals surface area contributed by atoms with Gasteiger partial charge in [0.2, 0.25) is 0 Å². The zero-order valence-electron chi connectivity index (χ0n) is 15.2. The van der Waals surface area contributed by atoms with E-state index >= 15 is 0 Å². The van der Waals surface area contributed by atoms with Gasteiger partial charge in [0.25, 0.3) is 15.9 Å². The van der Waals surface area contributed by atoms with Crippen molar-refractivity contribution in [2.75, 3.05) is 0 Å². The third-order valence-electron chi connectivity index (χ3n) is 4.15. The Morgan fingerprint density at radius 1 is 0.926 bits per heavy atom. The first-order chi connectivity index (χ1) is 12.8. The fourth-order valence-electron chi connectivity index (χ4n) is 2.77. The third kappa shape index (κ3) is 4.27. The highest BCUT2D eigenvalue weighted by molar-refractivity contribution is 7.89. The summed E-state index contributed by atoms with van der Waals surface area (Å²) in [5.41, 5.74) is 6.71. The highest BCUT2D eigenvalue weighted by Gasteiger charge is 2.20. The van der Waals surface area contributed by atoms with Gasteiger partial charge in [-0.2, -0.15) is 0 Å². The van der Waals surface area contributed by atoms with Crippen LogP contribution in [0.1, 0.15) is 26.4 Å². The van der Waals surface area contributed by atoms with Crippen molar-refractivity contribution in [2.45, 2.75) is 25.7 Å². The Morgan fingerprint density at radius 3 is 2.26 bits per heavy atom. The molecule has 1 aromatic heterocycles. The second-order valence-electron chi connectivity index (χ2n) is 6.36. The predicted octanol–water partition coefficient (Wildman–Crippen LogP) is 3.96. The fraction of sp³-hybridized carbons (Fsp3) is 0.150. The highest BCUT2D eigenvalue weighted by Crippen LogP contribution is 2.28. The molecule has 3 rings (SSSR count). The molecule has 0 fully saturated rings. The molecule has 0 atom stereocenters. The van der Waals surface area contributed by atoms with Crippen LogP contribution in [0.2, 0.25) is 0 Å². The molecule has 3 aromatic rings. The number of hydrogen-bond acceptors (Lipinski definition) is 4. The van der Waals surface area contributed by atoms with E-state index in [4.69, 9.17) is 0 Å². The van der Waals surface area contributed by atoms with E-state index < -0.39 is 15.9 Å². The molecular formula is C20H20N2O3S2. The maximum Gasteiger partial charge on any atom is 0.276 e. The van der Waals surface area contributed by atoms with Crippen LogP contribution in [0.3, 0.4) is 0 Å². The van der Waals surface area contributed by atoms with Crippen molar-refractivity contribution in [3.63, 3.8) is 0 Å². The standard InChI is InChI=1S/C20H20N2O3S2/c1-13-4-7-16(8-5-13)17-10-11-26-19(17)20(23)21-22-27(24,25)18-9-6-14(2)12-15(18)3/h4-12,22H,1-3H3,(H,21,23). The quantitative estimate of drug-likeness (QED) is 0.637. The lowest BCUT2D eigenvalue weighted by Gasteiger charge is -2.11. The average Bonchev–Trinajstić information content (AvgIpc) is 3.10. The molecule has 27 heavy (non-hydrogen) atoms. The van der Waals surface area contributed by atoms with E-state index in [9.17, 15) is 13.2 Å². The van der Waals surface area contributed by atoms with Gasteiger partial charge >= 0.3 is 0 Å². The third-order valence-corrected chi connectivity index (χ3v) is 6.47. The van der Waals surface area contributed by atoms with Crippen molar-refractivity contribution < 1.29 is 13.2 Å². The molecule has 0 unspecified atom stereocenters. The van der Waals surface area contributed by atoms with Gasteiger partial charge in [0.05, 0.1) is 4.90 Å². The molecule has 0 bridgehead atoms. The van der Waals surface area contributed by atoms with Crippen LogP contribution in [-0.4, -0.2) is 14.3 Å². The fourth-order valence-corrected chi connectivity index (χ4v) is 4.65.